The van der Waals surface area contributed by atoms with Gasteiger partial charge in [-0.15, -0.1) is 0 Å². The first-order chi connectivity index (χ1) is 27.8. The number of hydrogen-bond acceptors (Lipinski definition) is 4. The van der Waals surface area contributed by atoms with Crippen molar-refractivity contribution in [1.29, 1.82) is 0 Å². The van der Waals surface area contributed by atoms with E-state index in [-0.39, 0.29) is 0 Å². The number of fused-ring (bicyclic) bond motifs is 3. The van der Waals surface area contributed by atoms with Gasteiger partial charge < -0.3 is 4.90 Å². The predicted octanol–water partition coefficient (Wildman–Crippen LogP) is 13.1. The lowest BCUT2D eigenvalue weighted by Crippen LogP contribution is -2.09. The van der Waals surface area contributed by atoms with Gasteiger partial charge in [0.2, 0.25) is 5.95 Å². The maximum absolute atomic E-state index is 5.32. The minimum Gasteiger partial charge on any atom is -0.311 e. The molecule has 0 spiro atoms. The Bertz CT molecular complexity index is 2900. The molecule has 2 aromatic heterocycles. The summed E-state index contributed by atoms with van der Waals surface area (Å²) < 4.78 is 2.19. The van der Waals surface area contributed by atoms with Crippen LogP contribution < -0.4 is 4.90 Å². The average Bonchev–Trinajstić information content (AvgIpc) is 3.62. The molecule has 0 saturated carbocycles. The molecule has 2 heterocycles. The SMILES string of the molecule is c1ccc(-c2ccc3c4ccccc4n(-c4nc(-c5ccccc5)nc(-c5ccccc5-c5ccc(N(c6ccccc6)c6ccccc6)cc5)n4)c3c2)cc1. The highest BCUT2D eigenvalue weighted by Gasteiger charge is 2.20. The van der Waals surface area contributed by atoms with E-state index < -0.39 is 0 Å². The Morgan fingerprint density at radius 3 is 1.50 bits per heavy atom. The van der Waals surface area contributed by atoms with Gasteiger partial charge in [0.15, 0.2) is 11.6 Å². The zero-order valence-corrected chi connectivity index (χ0v) is 30.4. The van der Waals surface area contributed by atoms with Gasteiger partial charge >= 0.3 is 0 Å². The Morgan fingerprint density at radius 2 is 0.821 bits per heavy atom. The second-order valence-corrected chi connectivity index (χ2v) is 13.7. The van der Waals surface area contributed by atoms with Gasteiger partial charge in [0, 0.05) is 39.0 Å². The lowest BCUT2D eigenvalue weighted by molar-refractivity contribution is 0.954. The molecule has 10 aromatic rings. The van der Waals surface area contributed by atoms with Crippen molar-refractivity contribution in [2.75, 3.05) is 4.90 Å². The molecule has 0 amide bonds. The highest BCUT2D eigenvalue weighted by atomic mass is 15.2. The zero-order valence-electron chi connectivity index (χ0n) is 30.4. The van der Waals surface area contributed by atoms with Gasteiger partial charge in [0.25, 0.3) is 0 Å². The molecule has 0 N–H and O–H groups in total. The van der Waals surface area contributed by atoms with Crippen LogP contribution in [0.25, 0.3) is 72.8 Å². The summed E-state index contributed by atoms with van der Waals surface area (Å²) in [6.45, 7) is 0. The molecular formula is C51H35N5. The van der Waals surface area contributed by atoms with Gasteiger partial charge in [-0.2, -0.15) is 9.97 Å². The molecule has 0 saturated heterocycles. The van der Waals surface area contributed by atoms with Gasteiger partial charge in [-0.3, -0.25) is 4.57 Å². The summed E-state index contributed by atoms with van der Waals surface area (Å²) in [5.41, 5.74) is 11.6. The van der Waals surface area contributed by atoms with Crippen LogP contribution in [-0.4, -0.2) is 19.5 Å². The summed E-state index contributed by atoms with van der Waals surface area (Å²) in [4.78, 5) is 18.0. The number of rotatable bonds is 8. The maximum atomic E-state index is 5.32. The minimum absolute atomic E-state index is 0.566. The van der Waals surface area contributed by atoms with Gasteiger partial charge in [-0.05, 0) is 70.8 Å². The third-order valence-electron chi connectivity index (χ3n) is 10.3. The summed E-state index contributed by atoms with van der Waals surface area (Å²) in [6, 6.07) is 73.9. The maximum Gasteiger partial charge on any atom is 0.238 e. The standard InChI is InChI=1S/C51H35N5/c1-5-17-36(18-6-1)39-31-34-45-44-26-15-16-28-47(44)56(48(45)35-39)51-53-49(38-19-7-2-8-20-38)52-50(54-51)46-27-14-13-25-43(46)37-29-32-42(33-30-37)55(40-21-9-3-10-22-40)41-23-11-4-12-24-41/h1-35H. The molecule has 0 atom stereocenters. The van der Waals surface area contributed by atoms with E-state index in [1.54, 1.807) is 0 Å². The molecule has 5 nitrogen and oxygen atoms in total. The van der Waals surface area contributed by atoms with Crippen molar-refractivity contribution in [2.45, 2.75) is 0 Å². The van der Waals surface area contributed by atoms with Crippen LogP contribution in [0.15, 0.2) is 212 Å². The second kappa shape index (κ2) is 14.3. The van der Waals surface area contributed by atoms with E-state index >= 15 is 0 Å². The fraction of sp³-hybridized carbons (Fsp3) is 0. The first-order valence-electron chi connectivity index (χ1n) is 18.8. The van der Waals surface area contributed by atoms with Crippen molar-refractivity contribution < 1.29 is 0 Å². The Balaban J connectivity index is 1.14. The lowest BCUT2D eigenvalue weighted by atomic mass is 9.98. The van der Waals surface area contributed by atoms with Crippen molar-refractivity contribution in [3.63, 3.8) is 0 Å². The number of hydrogen-bond donors (Lipinski definition) is 0. The highest BCUT2D eigenvalue weighted by molar-refractivity contribution is 6.10. The van der Waals surface area contributed by atoms with Crippen LogP contribution in [0.3, 0.4) is 0 Å². The highest BCUT2D eigenvalue weighted by Crippen LogP contribution is 2.39. The number of nitrogens with zero attached hydrogens (tertiary/aromatic N) is 5. The quantitative estimate of drug-likeness (QED) is 0.157. The molecule has 0 bridgehead atoms. The van der Waals surface area contributed by atoms with Crippen LogP contribution >= 0.6 is 0 Å². The molecule has 0 aliphatic heterocycles. The third kappa shape index (κ3) is 6.07. The molecule has 0 fully saturated rings. The van der Waals surface area contributed by atoms with Gasteiger partial charge in [0.05, 0.1) is 11.0 Å². The zero-order chi connectivity index (χ0) is 37.3. The fourth-order valence-corrected chi connectivity index (χ4v) is 7.62. The number of para-hydroxylation sites is 3. The summed E-state index contributed by atoms with van der Waals surface area (Å²) in [5, 5.41) is 2.29. The molecule has 0 aliphatic carbocycles. The normalized spacial score (nSPS) is 11.2. The van der Waals surface area contributed by atoms with E-state index in [0.29, 0.717) is 17.6 Å². The Kier molecular flexibility index (Phi) is 8.43. The van der Waals surface area contributed by atoms with Crippen molar-refractivity contribution >= 4 is 38.9 Å². The molecule has 0 radical (unpaired) electrons. The van der Waals surface area contributed by atoms with E-state index in [4.69, 9.17) is 15.0 Å². The van der Waals surface area contributed by atoms with Crippen molar-refractivity contribution in [3.05, 3.63) is 212 Å². The van der Waals surface area contributed by atoms with Crippen LogP contribution in [0, 0.1) is 0 Å². The van der Waals surface area contributed by atoms with Gasteiger partial charge in [-0.1, -0.05) is 164 Å². The minimum atomic E-state index is 0.566. The average molecular weight is 718 g/mol. The van der Waals surface area contributed by atoms with Crippen molar-refractivity contribution in [2.24, 2.45) is 0 Å². The molecule has 56 heavy (non-hydrogen) atoms. The van der Waals surface area contributed by atoms with E-state index in [0.717, 1.165) is 72.2 Å². The van der Waals surface area contributed by atoms with E-state index in [9.17, 15) is 0 Å². The lowest BCUT2D eigenvalue weighted by Gasteiger charge is -2.25. The Labute approximate surface area is 325 Å². The molecule has 264 valence electrons. The Morgan fingerprint density at radius 1 is 0.321 bits per heavy atom. The number of benzene rings is 8. The predicted molar refractivity (Wildman–Crippen MR) is 231 cm³/mol. The molecule has 0 aliphatic rings. The Hall–Kier alpha value is -7.63. The summed E-state index contributed by atoms with van der Waals surface area (Å²) in [6.07, 6.45) is 0. The van der Waals surface area contributed by atoms with Crippen molar-refractivity contribution in [1.82, 2.24) is 19.5 Å². The smallest absolute Gasteiger partial charge is 0.238 e. The molecule has 5 heteroatoms. The molecular weight excluding hydrogens is 683 g/mol. The largest absolute Gasteiger partial charge is 0.311 e. The van der Waals surface area contributed by atoms with Crippen LogP contribution in [0.5, 0.6) is 0 Å². The van der Waals surface area contributed by atoms with Crippen LogP contribution in [0.1, 0.15) is 0 Å². The number of aromatic nitrogens is 4. The second-order valence-electron chi connectivity index (χ2n) is 13.7. The summed E-state index contributed by atoms with van der Waals surface area (Å²) in [7, 11) is 0. The van der Waals surface area contributed by atoms with Gasteiger partial charge in [-0.25, -0.2) is 4.98 Å². The first kappa shape index (κ1) is 33.0. The van der Waals surface area contributed by atoms with Crippen molar-refractivity contribution in [3.8, 4) is 51.0 Å². The third-order valence-corrected chi connectivity index (χ3v) is 10.3. The van der Waals surface area contributed by atoms with Crippen LogP contribution in [0.4, 0.5) is 17.1 Å². The van der Waals surface area contributed by atoms with E-state index in [1.807, 2.05) is 36.4 Å². The van der Waals surface area contributed by atoms with E-state index in [1.165, 1.54) is 0 Å². The van der Waals surface area contributed by atoms with Crippen LogP contribution in [-0.2, 0) is 0 Å². The molecule has 0 unspecified atom stereocenters. The van der Waals surface area contributed by atoms with E-state index in [2.05, 4.69) is 185 Å². The monoisotopic (exact) mass is 717 g/mol. The summed E-state index contributed by atoms with van der Waals surface area (Å²) in [5.74, 6) is 1.79. The fourth-order valence-electron chi connectivity index (χ4n) is 7.62. The van der Waals surface area contributed by atoms with Gasteiger partial charge in [0.1, 0.15) is 0 Å². The molecule has 8 aromatic carbocycles. The summed E-state index contributed by atoms with van der Waals surface area (Å²) >= 11 is 0. The van der Waals surface area contributed by atoms with Crippen LogP contribution in [0.2, 0.25) is 0 Å². The molecule has 10 rings (SSSR count). The first-order valence-corrected chi connectivity index (χ1v) is 18.8. The topological polar surface area (TPSA) is 46.8 Å². The number of anilines is 3.